The highest BCUT2D eigenvalue weighted by Gasteiger charge is 2.31. The van der Waals surface area contributed by atoms with Crippen molar-refractivity contribution in [2.75, 3.05) is 27.4 Å². The lowest BCUT2D eigenvalue weighted by Gasteiger charge is -2.22. The van der Waals surface area contributed by atoms with Crippen LogP contribution in [-0.2, 0) is 25.5 Å². The standard InChI is InChI=1S/C22H32O6/c1-15(2)17(14-18(23)19-8-9-22(24)28-19)12-16-6-7-20(26-4)21(13-16)27-11-5-10-25-3/h6-7,13,15,17,19H,5,8-12,14H2,1-4H3/t17-,19-/m0/s1. The summed E-state index contributed by atoms with van der Waals surface area (Å²) in [6.07, 6.45) is 2.24. The summed E-state index contributed by atoms with van der Waals surface area (Å²) in [5.41, 5.74) is 1.09. The van der Waals surface area contributed by atoms with Crippen LogP contribution < -0.4 is 9.47 Å². The molecule has 156 valence electrons. The normalized spacial score (nSPS) is 17.5. The third-order valence-electron chi connectivity index (χ3n) is 5.13. The minimum atomic E-state index is -0.565. The lowest BCUT2D eigenvalue weighted by Crippen LogP contribution is -2.25. The molecule has 0 spiro atoms. The molecular weight excluding hydrogens is 360 g/mol. The first-order valence-corrected chi connectivity index (χ1v) is 9.95. The summed E-state index contributed by atoms with van der Waals surface area (Å²) in [5.74, 6) is 1.64. The van der Waals surface area contributed by atoms with E-state index in [0.717, 1.165) is 18.4 Å². The summed E-state index contributed by atoms with van der Waals surface area (Å²) >= 11 is 0. The molecule has 6 heteroatoms. The highest BCUT2D eigenvalue weighted by Crippen LogP contribution is 2.31. The number of methoxy groups -OCH3 is 2. The van der Waals surface area contributed by atoms with Crippen LogP contribution in [0.2, 0.25) is 0 Å². The van der Waals surface area contributed by atoms with Crippen molar-refractivity contribution in [3.63, 3.8) is 0 Å². The summed E-state index contributed by atoms with van der Waals surface area (Å²) in [7, 11) is 3.29. The van der Waals surface area contributed by atoms with E-state index in [1.165, 1.54) is 0 Å². The third kappa shape index (κ3) is 6.51. The van der Waals surface area contributed by atoms with Gasteiger partial charge in [0.05, 0.1) is 13.7 Å². The Morgan fingerprint density at radius 1 is 1.21 bits per heavy atom. The van der Waals surface area contributed by atoms with Crippen LogP contribution in [0.25, 0.3) is 0 Å². The second-order valence-corrected chi connectivity index (χ2v) is 7.58. The molecule has 1 saturated heterocycles. The topological polar surface area (TPSA) is 71.1 Å². The predicted molar refractivity (Wildman–Crippen MR) is 106 cm³/mol. The Hall–Kier alpha value is -2.08. The Bertz CT molecular complexity index is 654. The van der Waals surface area contributed by atoms with Crippen molar-refractivity contribution in [2.24, 2.45) is 11.8 Å². The lowest BCUT2D eigenvalue weighted by atomic mass is 9.84. The van der Waals surface area contributed by atoms with Crippen molar-refractivity contribution < 1.29 is 28.5 Å². The zero-order valence-electron chi connectivity index (χ0n) is 17.4. The number of rotatable bonds is 12. The van der Waals surface area contributed by atoms with E-state index < -0.39 is 6.10 Å². The Balaban J connectivity index is 2.02. The number of cyclic esters (lactones) is 1. The van der Waals surface area contributed by atoms with Gasteiger partial charge in [0.25, 0.3) is 0 Å². The van der Waals surface area contributed by atoms with Crippen LogP contribution in [0, 0.1) is 11.8 Å². The third-order valence-corrected chi connectivity index (χ3v) is 5.13. The van der Waals surface area contributed by atoms with Gasteiger partial charge in [-0.05, 0) is 36.0 Å². The summed E-state index contributed by atoms with van der Waals surface area (Å²) < 4.78 is 21.4. The zero-order valence-corrected chi connectivity index (χ0v) is 17.4. The molecular formula is C22H32O6. The van der Waals surface area contributed by atoms with Crippen molar-refractivity contribution >= 4 is 11.8 Å². The monoisotopic (exact) mass is 392 g/mol. The van der Waals surface area contributed by atoms with Gasteiger partial charge in [0.1, 0.15) is 0 Å². The molecule has 2 rings (SSSR count). The number of hydrogen-bond acceptors (Lipinski definition) is 6. The van der Waals surface area contributed by atoms with Crippen LogP contribution in [0.3, 0.4) is 0 Å². The zero-order chi connectivity index (χ0) is 20.5. The van der Waals surface area contributed by atoms with Gasteiger partial charge in [-0.15, -0.1) is 0 Å². The molecule has 28 heavy (non-hydrogen) atoms. The second kappa shape index (κ2) is 11.1. The van der Waals surface area contributed by atoms with Crippen LogP contribution in [0.15, 0.2) is 18.2 Å². The molecule has 0 radical (unpaired) electrons. The van der Waals surface area contributed by atoms with Gasteiger partial charge in [-0.1, -0.05) is 19.9 Å². The first-order valence-electron chi connectivity index (χ1n) is 9.95. The van der Waals surface area contributed by atoms with Gasteiger partial charge < -0.3 is 18.9 Å². The number of hydrogen-bond donors (Lipinski definition) is 0. The molecule has 0 bridgehead atoms. The van der Waals surface area contributed by atoms with Crippen molar-refractivity contribution in [2.45, 2.75) is 52.1 Å². The molecule has 1 fully saturated rings. The maximum atomic E-state index is 12.5. The van der Waals surface area contributed by atoms with Gasteiger partial charge in [0.15, 0.2) is 23.4 Å². The molecule has 0 unspecified atom stereocenters. The first-order chi connectivity index (χ1) is 13.4. The molecule has 0 N–H and O–H groups in total. The Labute approximate surface area is 167 Å². The minimum absolute atomic E-state index is 0.0223. The summed E-state index contributed by atoms with van der Waals surface area (Å²) in [6, 6.07) is 5.90. The van der Waals surface area contributed by atoms with Crippen LogP contribution in [0.1, 0.15) is 45.1 Å². The maximum absolute atomic E-state index is 12.5. The van der Waals surface area contributed by atoms with E-state index >= 15 is 0 Å². The predicted octanol–water partition coefficient (Wildman–Crippen LogP) is 3.59. The number of benzene rings is 1. The van der Waals surface area contributed by atoms with Crippen molar-refractivity contribution in [1.82, 2.24) is 0 Å². The molecule has 6 nitrogen and oxygen atoms in total. The molecule has 1 aliphatic heterocycles. The van der Waals surface area contributed by atoms with E-state index in [4.69, 9.17) is 18.9 Å². The number of Topliss-reactive ketones (excluding diaryl/α,β-unsaturated/α-hetero) is 1. The molecule has 1 aliphatic rings. The van der Waals surface area contributed by atoms with E-state index in [2.05, 4.69) is 13.8 Å². The van der Waals surface area contributed by atoms with Crippen LogP contribution in [0.5, 0.6) is 11.5 Å². The van der Waals surface area contributed by atoms with E-state index in [0.29, 0.717) is 49.9 Å². The first kappa shape index (κ1) is 22.2. The van der Waals surface area contributed by atoms with E-state index in [1.807, 2.05) is 18.2 Å². The van der Waals surface area contributed by atoms with Gasteiger partial charge in [-0.3, -0.25) is 9.59 Å². The van der Waals surface area contributed by atoms with E-state index in [-0.39, 0.29) is 17.7 Å². The van der Waals surface area contributed by atoms with Crippen LogP contribution in [-0.4, -0.2) is 45.3 Å². The molecule has 0 amide bonds. The Morgan fingerprint density at radius 3 is 2.61 bits per heavy atom. The summed E-state index contributed by atoms with van der Waals surface area (Å²) in [4.78, 5) is 23.8. The molecule has 0 aliphatic carbocycles. The van der Waals surface area contributed by atoms with Crippen LogP contribution >= 0.6 is 0 Å². The van der Waals surface area contributed by atoms with Gasteiger partial charge in [0, 0.05) is 39.4 Å². The van der Waals surface area contributed by atoms with Crippen molar-refractivity contribution in [3.8, 4) is 11.5 Å². The average Bonchev–Trinajstić information content (AvgIpc) is 3.11. The maximum Gasteiger partial charge on any atom is 0.306 e. The highest BCUT2D eigenvalue weighted by molar-refractivity contribution is 5.88. The second-order valence-electron chi connectivity index (χ2n) is 7.58. The fourth-order valence-electron chi connectivity index (χ4n) is 3.33. The average molecular weight is 392 g/mol. The molecule has 0 saturated carbocycles. The molecule has 2 atom stereocenters. The Kier molecular flexibility index (Phi) is 8.77. The number of ether oxygens (including phenoxy) is 4. The fourth-order valence-corrected chi connectivity index (χ4v) is 3.33. The molecule has 1 aromatic rings. The smallest absolute Gasteiger partial charge is 0.306 e. The Morgan fingerprint density at radius 2 is 2.00 bits per heavy atom. The lowest BCUT2D eigenvalue weighted by molar-refractivity contribution is -0.147. The number of carbonyl (C=O) groups is 2. The van der Waals surface area contributed by atoms with Gasteiger partial charge in [-0.2, -0.15) is 0 Å². The van der Waals surface area contributed by atoms with Crippen molar-refractivity contribution in [3.05, 3.63) is 23.8 Å². The summed E-state index contributed by atoms with van der Waals surface area (Å²) in [5, 5.41) is 0. The summed E-state index contributed by atoms with van der Waals surface area (Å²) in [6.45, 7) is 5.42. The van der Waals surface area contributed by atoms with Gasteiger partial charge >= 0.3 is 5.97 Å². The van der Waals surface area contributed by atoms with E-state index in [1.54, 1.807) is 14.2 Å². The molecule has 1 heterocycles. The number of esters is 1. The SMILES string of the molecule is COCCCOc1cc(C[C@@H](CC(=O)[C@@H]2CCC(=O)O2)C(C)C)ccc1OC. The highest BCUT2D eigenvalue weighted by atomic mass is 16.6. The van der Waals surface area contributed by atoms with Crippen LogP contribution in [0.4, 0.5) is 0 Å². The largest absolute Gasteiger partial charge is 0.493 e. The quantitative estimate of drug-likeness (QED) is 0.400. The van der Waals surface area contributed by atoms with Crippen molar-refractivity contribution in [1.29, 1.82) is 0 Å². The molecule has 1 aromatic carbocycles. The number of ketones is 1. The minimum Gasteiger partial charge on any atom is -0.493 e. The fraction of sp³-hybridized carbons (Fsp3) is 0.636. The van der Waals surface area contributed by atoms with Gasteiger partial charge in [-0.25, -0.2) is 0 Å². The number of carbonyl (C=O) groups excluding carboxylic acids is 2. The van der Waals surface area contributed by atoms with Gasteiger partial charge in [0.2, 0.25) is 0 Å². The molecule has 0 aromatic heterocycles. The van der Waals surface area contributed by atoms with E-state index in [9.17, 15) is 9.59 Å².